The van der Waals surface area contributed by atoms with E-state index in [-0.39, 0.29) is 30.8 Å². The first kappa shape index (κ1) is 21.2. The van der Waals surface area contributed by atoms with Gasteiger partial charge < -0.3 is 19.9 Å². The maximum atomic E-state index is 13.3. The molecule has 0 bridgehead atoms. The fraction of sp³-hybridized carbons (Fsp3) is 0.348. The zero-order valence-electron chi connectivity index (χ0n) is 17.4. The van der Waals surface area contributed by atoms with Crippen LogP contribution >= 0.6 is 11.8 Å². The summed E-state index contributed by atoms with van der Waals surface area (Å²) in [5.74, 6) is -0.113. The molecule has 1 atom stereocenters. The molecule has 0 aliphatic carbocycles. The number of nitrogens with one attached hydrogen (secondary N) is 1. The lowest BCUT2D eigenvalue weighted by Crippen LogP contribution is -2.51. The Morgan fingerprint density at radius 1 is 1.10 bits per heavy atom. The highest BCUT2D eigenvalue weighted by Crippen LogP contribution is 2.39. The van der Waals surface area contributed by atoms with Crippen molar-refractivity contribution in [3.8, 4) is 5.75 Å². The highest BCUT2D eigenvalue weighted by molar-refractivity contribution is 8.01. The van der Waals surface area contributed by atoms with Crippen molar-refractivity contribution < 1.29 is 19.1 Å². The number of rotatable bonds is 6. The van der Waals surface area contributed by atoms with Crippen LogP contribution < -0.4 is 15.0 Å². The van der Waals surface area contributed by atoms with Crippen molar-refractivity contribution >= 4 is 35.2 Å². The van der Waals surface area contributed by atoms with E-state index in [0.717, 1.165) is 23.3 Å². The van der Waals surface area contributed by atoms with Crippen LogP contribution in [0.4, 0.5) is 5.69 Å². The molecule has 2 aromatic carbocycles. The van der Waals surface area contributed by atoms with Crippen LogP contribution in [0.15, 0.2) is 53.4 Å². The molecule has 1 N–H and O–H groups in total. The van der Waals surface area contributed by atoms with E-state index in [1.807, 2.05) is 48.5 Å². The van der Waals surface area contributed by atoms with Gasteiger partial charge >= 0.3 is 0 Å². The molecule has 8 heteroatoms. The molecule has 2 aliphatic heterocycles. The topological polar surface area (TPSA) is 79.0 Å². The van der Waals surface area contributed by atoms with Gasteiger partial charge in [0.25, 0.3) is 5.91 Å². The third-order valence-corrected chi connectivity index (χ3v) is 6.74. The SMILES string of the molecule is COc1ccccc1CNC(=O)CN1C(=O)C(C(=O)N2CCCC2)Sc2ccccc21. The molecular formula is C23H25N3O4S. The highest BCUT2D eigenvalue weighted by Gasteiger charge is 2.41. The molecule has 2 aliphatic rings. The number of para-hydroxylation sites is 2. The first-order valence-electron chi connectivity index (χ1n) is 10.3. The van der Waals surface area contributed by atoms with Gasteiger partial charge in [-0.3, -0.25) is 14.4 Å². The smallest absolute Gasteiger partial charge is 0.250 e. The number of amides is 3. The number of carbonyl (C=O) groups excluding carboxylic acids is 3. The Hall–Kier alpha value is -3.00. The Morgan fingerprint density at radius 3 is 2.58 bits per heavy atom. The molecule has 162 valence electrons. The van der Waals surface area contributed by atoms with Crippen molar-refractivity contribution in [2.24, 2.45) is 0 Å². The van der Waals surface area contributed by atoms with Crippen molar-refractivity contribution in [1.29, 1.82) is 0 Å². The van der Waals surface area contributed by atoms with Crippen LogP contribution in [0.5, 0.6) is 5.75 Å². The summed E-state index contributed by atoms with van der Waals surface area (Å²) in [5, 5.41) is 2.00. The number of benzene rings is 2. The molecule has 0 radical (unpaired) electrons. The summed E-state index contributed by atoms with van der Waals surface area (Å²) in [6, 6.07) is 14.8. The van der Waals surface area contributed by atoms with Crippen molar-refractivity contribution in [3.05, 3.63) is 54.1 Å². The molecule has 1 saturated heterocycles. The second-order valence-electron chi connectivity index (χ2n) is 7.51. The maximum Gasteiger partial charge on any atom is 0.250 e. The van der Waals surface area contributed by atoms with E-state index < -0.39 is 5.25 Å². The van der Waals surface area contributed by atoms with E-state index in [4.69, 9.17) is 4.74 Å². The number of nitrogens with zero attached hydrogens (tertiary/aromatic N) is 2. The van der Waals surface area contributed by atoms with Gasteiger partial charge in [0.2, 0.25) is 11.8 Å². The Kier molecular flexibility index (Phi) is 6.46. The molecule has 31 heavy (non-hydrogen) atoms. The molecule has 1 unspecified atom stereocenters. The number of methoxy groups -OCH3 is 1. The van der Waals surface area contributed by atoms with Crippen LogP contribution in [0.2, 0.25) is 0 Å². The van der Waals surface area contributed by atoms with Gasteiger partial charge in [-0.1, -0.05) is 30.3 Å². The Labute approximate surface area is 185 Å². The lowest BCUT2D eigenvalue weighted by atomic mass is 10.2. The number of hydrogen-bond acceptors (Lipinski definition) is 5. The largest absolute Gasteiger partial charge is 0.496 e. The minimum atomic E-state index is -0.852. The molecule has 3 amide bonds. The van der Waals surface area contributed by atoms with Crippen molar-refractivity contribution in [2.75, 3.05) is 31.6 Å². The average Bonchev–Trinajstić information content (AvgIpc) is 3.34. The maximum absolute atomic E-state index is 13.3. The van der Waals surface area contributed by atoms with Crippen molar-refractivity contribution in [2.45, 2.75) is 29.5 Å². The monoisotopic (exact) mass is 439 g/mol. The zero-order chi connectivity index (χ0) is 21.8. The summed E-state index contributed by atoms with van der Waals surface area (Å²) in [4.78, 5) is 43.0. The van der Waals surface area contributed by atoms with Gasteiger partial charge in [-0.25, -0.2) is 0 Å². The van der Waals surface area contributed by atoms with E-state index in [1.165, 1.54) is 16.7 Å². The molecule has 2 heterocycles. The number of likely N-dealkylation sites (tertiary alicyclic amines) is 1. The highest BCUT2D eigenvalue weighted by atomic mass is 32.2. The minimum absolute atomic E-state index is 0.144. The molecule has 0 spiro atoms. The summed E-state index contributed by atoms with van der Waals surface area (Å²) < 4.78 is 5.32. The predicted molar refractivity (Wildman–Crippen MR) is 119 cm³/mol. The van der Waals surface area contributed by atoms with E-state index in [0.29, 0.717) is 24.5 Å². The minimum Gasteiger partial charge on any atom is -0.496 e. The third kappa shape index (κ3) is 4.54. The fourth-order valence-corrected chi connectivity index (χ4v) is 5.07. The van der Waals surface area contributed by atoms with Crippen molar-refractivity contribution in [1.82, 2.24) is 10.2 Å². The van der Waals surface area contributed by atoms with Crippen LogP contribution in [-0.4, -0.2) is 54.6 Å². The average molecular weight is 440 g/mol. The lowest BCUT2D eigenvalue weighted by Gasteiger charge is -2.34. The zero-order valence-corrected chi connectivity index (χ0v) is 18.2. The van der Waals surface area contributed by atoms with Gasteiger partial charge in [0.1, 0.15) is 12.3 Å². The number of anilines is 1. The van der Waals surface area contributed by atoms with Crippen LogP contribution in [0.3, 0.4) is 0 Å². The van der Waals surface area contributed by atoms with Gasteiger partial charge in [0.15, 0.2) is 5.25 Å². The van der Waals surface area contributed by atoms with Gasteiger partial charge in [-0.2, -0.15) is 0 Å². The molecule has 1 fully saturated rings. The summed E-state index contributed by atoms with van der Waals surface area (Å²) >= 11 is 1.28. The molecule has 0 saturated carbocycles. The second-order valence-corrected chi connectivity index (χ2v) is 8.66. The predicted octanol–water partition coefficient (Wildman–Crippen LogP) is 2.44. The van der Waals surface area contributed by atoms with Crippen LogP contribution in [0.25, 0.3) is 0 Å². The number of fused-ring (bicyclic) bond motifs is 1. The van der Waals surface area contributed by atoms with Gasteiger partial charge in [-0.05, 0) is 31.0 Å². The van der Waals surface area contributed by atoms with E-state index >= 15 is 0 Å². The fourth-order valence-electron chi connectivity index (χ4n) is 3.88. The summed E-state index contributed by atoms with van der Waals surface area (Å²) in [7, 11) is 1.58. The van der Waals surface area contributed by atoms with E-state index in [2.05, 4.69) is 5.32 Å². The number of carbonyl (C=O) groups is 3. The quantitative estimate of drug-likeness (QED) is 0.700. The first-order valence-corrected chi connectivity index (χ1v) is 11.2. The van der Waals surface area contributed by atoms with Gasteiger partial charge in [0.05, 0.1) is 12.8 Å². The van der Waals surface area contributed by atoms with E-state index in [9.17, 15) is 14.4 Å². The Morgan fingerprint density at radius 2 is 1.81 bits per heavy atom. The Bertz CT molecular complexity index is 990. The van der Waals surface area contributed by atoms with Crippen LogP contribution in [-0.2, 0) is 20.9 Å². The number of thioether (sulfide) groups is 1. The van der Waals surface area contributed by atoms with E-state index in [1.54, 1.807) is 12.0 Å². The van der Waals surface area contributed by atoms with Crippen LogP contribution in [0, 0.1) is 0 Å². The number of ether oxygens (including phenoxy) is 1. The van der Waals surface area contributed by atoms with Gasteiger partial charge in [-0.15, -0.1) is 11.8 Å². The molecular weight excluding hydrogens is 414 g/mol. The normalized spacial score (nSPS) is 18.0. The molecule has 2 aromatic rings. The summed E-state index contributed by atoms with van der Waals surface area (Å²) in [5.41, 5.74) is 1.51. The second kappa shape index (κ2) is 9.43. The standard InChI is InChI=1S/C23H25N3O4S/c1-30-18-10-4-2-8-16(18)14-24-20(27)15-26-17-9-3-5-11-19(17)31-21(23(26)29)22(28)25-12-6-7-13-25/h2-5,8-11,21H,6-7,12-15H2,1H3,(H,24,27). The third-order valence-electron chi connectivity index (χ3n) is 5.50. The summed E-state index contributed by atoms with van der Waals surface area (Å²) in [6.45, 7) is 1.52. The lowest BCUT2D eigenvalue weighted by molar-refractivity contribution is -0.134. The Balaban J connectivity index is 1.49. The molecule has 4 rings (SSSR count). The first-order chi connectivity index (χ1) is 15.1. The molecule has 0 aromatic heterocycles. The number of hydrogen-bond donors (Lipinski definition) is 1. The summed E-state index contributed by atoms with van der Waals surface area (Å²) in [6.07, 6.45) is 1.92. The van der Waals surface area contributed by atoms with Gasteiger partial charge in [0, 0.05) is 30.1 Å². The van der Waals surface area contributed by atoms with Crippen LogP contribution in [0.1, 0.15) is 18.4 Å². The van der Waals surface area contributed by atoms with Crippen molar-refractivity contribution in [3.63, 3.8) is 0 Å². The molecule has 7 nitrogen and oxygen atoms in total.